The fourth-order valence-electron chi connectivity index (χ4n) is 1.11. The van der Waals surface area contributed by atoms with Gasteiger partial charge < -0.3 is 5.11 Å². The molecule has 64 valence electrons. The first kappa shape index (κ1) is 9.26. The number of halogens is 1. The van der Waals surface area contributed by atoms with Crippen molar-refractivity contribution in [3.05, 3.63) is 27.7 Å². The third-order valence-corrected chi connectivity index (χ3v) is 2.33. The summed E-state index contributed by atoms with van der Waals surface area (Å²) in [6.07, 6.45) is 0. The highest BCUT2D eigenvalue weighted by Crippen LogP contribution is 2.30. The van der Waals surface area contributed by atoms with Crippen molar-refractivity contribution < 1.29 is 9.90 Å². The molecule has 0 unspecified atom stereocenters. The maximum atomic E-state index is 11.1. The third kappa shape index (κ3) is 1.50. The number of hydrogen-bond acceptors (Lipinski definition) is 2. The van der Waals surface area contributed by atoms with E-state index in [4.69, 9.17) is 0 Å². The molecule has 0 saturated carbocycles. The summed E-state index contributed by atoms with van der Waals surface area (Å²) >= 11 is 3.15. The minimum atomic E-state index is -0.119. The zero-order chi connectivity index (χ0) is 9.30. The predicted molar refractivity (Wildman–Crippen MR) is 50.5 cm³/mol. The van der Waals surface area contributed by atoms with Gasteiger partial charge in [-0.15, -0.1) is 0 Å². The SMILES string of the molecule is CC(=O)c1c(C)ccc(Br)c1O. The fourth-order valence-corrected chi connectivity index (χ4v) is 1.44. The van der Waals surface area contributed by atoms with Crippen LogP contribution in [-0.2, 0) is 0 Å². The molecule has 0 spiro atoms. The van der Waals surface area contributed by atoms with E-state index in [0.717, 1.165) is 5.56 Å². The van der Waals surface area contributed by atoms with Gasteiger partial charge in [0.2, 0.25) is 0 Å². The molecule has 1 rings (SSSR count). The number of aryl methyl sites for hydroxylation is 1. The Balaban J connectivity index is 3.43. The Kier molecular flexibility index (Phi) is 2.52. The van der Waals surface area contributed by atoms with E-state index < -0.39 is 0 Å². The zero-order valence-electron chi connectivity index (χ0n) is 6.89. The van der Waals surface area contributed by atoms with E-state index in [2.05, 4.69) is 15.9 Å². The van der Waals surface area contributed by atoms with E-state index in [1.807, 2.05) is 0 Å². The summed E-state index contributed by atoms with van der Waals surface area (Å²) in [4.78, 5) is 11.1. The van der Waals surface area contributed by atoms with Crippen LogP contribution >= 0.6 is 15.9 Å². The van der Waals surface area contributed by atoms with Crippen LogP contribution in [0.15, 0.2) is 16.6 Å². The zero-order valence-corrected chi connectivity index (χ0v) is 8.47. The molecule has 12 heavy (non-hydrogen) atoms. The molecule has 1 aromatic rings. The van der Waals surface area contributed by atoms with Crippen LogP contribution in [0.2, 0.25) is 0 Å². The summed E-state index contributed by atoms with van der Waals surface area (Å²) in [6, 6.07) is 3.51. The molecule has 0 atom stereocenters. The first-order chi connectivity index (χ1) is 5.54. The van der Waals surface area contributed by atoms with Crippen LogP contribution in [0.1, 0.15) is 22.8 Å². The lowest BCUT2D eigenvalue weighted by molar-refractivity contribution is 0.101. The first-order valence-electron chi connectivity index (χ1n) is 3.53. The lowest BCUT2D eigenvalue weighted by Gasteiger charge is -2.05. The predicted octanol–water partition coefficient (Wildman–Crippen LogP) is 2.67. The van der Waals surface area contributed by atoms with Crippen LogP contribution in [0.25, 0.3) is 0 Å². The molecule has 0 fully saturated rings. The van der Waals surface area contributed by atoms with Crippen molar-refractivity contribution in [2.75, 3.05) is 0 Å². The van der Waals surface area contributed by atoms with Crippen molar-refractivity contribution in [3.8, 4) is 5.75 Å². The number of hydrogen-bond donors (Lipinski definition) is 1. The van der Waals surface area contributed by atoms with Crippen molar-refractivity contribution in [1.82, 2.24) is 0 Å². The quantitative estimate of drug-likeness (QED) is 0.751. The van der Waals surface area contributed by atoms with Gasteiger partial charge in [-0.1, -0.05) is 6.07 Å². The third-order valence-electron chi connectivity index (χ3n) is 1.69. The van der Waals surface area contributed by atoms with Crippen LogP contribution in [0, 0.1) is 6.92 Å². The summed E-state index contributed by atoms with van der Waals surface area (Å²) < 4.78 is 0.554. The van der Waals surface area contributed by atoms with E-state index in [1.165, 1.54) is 6.92 Å². The van der Waals surface area contributed by atoms with Gasteiger partial charge in [0.25, 0.3) is 0 Å². The van der Waals surface area contributed by atoms with Crippen molar-refractivity contribution in [1.29, 1.82) is 0 Å². The number of ketones is 1. The largest absolute Gasteiger partial charge is 0.506 e. The number of benzene rings is 1. The minimum Gasteiger partial charge on any atom is -0.506 e. The molecular formula is C9H9BrO2. The lowest BCUT2D eigenvalue weighted by atomic mass is 10.0. The number of carbonyl (C=O) groups is 1. The van der Waals surface area contributed by atoms with Gasteiger partial charge in [-0.25, -0.2) is 0 Å². The Labute approximate surface area is 79.3 Å². The van der Waals surface area contributed by atoms with Crippen LogP contribution in [0.3, 0.4) is 0 Å². The van der Waals surface area contributed by atoms with Gasteiger partial charge >= 0.3 is 0 Å². The highest BCUT2D eigenvalue weighted by molar-refractivity contribution is 9.10. The van der Waals surface area contributed by atoms with Gasteiger partial charge in [0.15, 0.2) is 5.78 Å². The molecule has 0 radical (unpaired) electrons. The summed E-state index contributed by atoms with van der Waals surface area (Å²) in [5, 5.41) is 9.48. The topological polar surface area (TPSA) is 37.3 Å². The number of rotatable bonds is 1. The van der Waals surface area contributed by atoms with Gasteiger partial charge in [0.1, 0.15) is 5.75 Å². The number of carbonyl (C=O) groups excluding carboxylic acids is 1. The van der Waals surface area contributed by atoms with Gasteiger partial charge in [-0.3, -0.25) is 4.79 Å². The monoisotopic (exact) mass is 228 g/mol. The molecule has 2 nitrogen and oxygen atoms in total. The lowest BCUT2D eigenvalue weighted by Crippen LogP contribution is -1.96. The molecule has 0 aromatic heterocycles. The molecule has 0 heterocycles. The average molecular weight is 229 g/mol. The van der Waals surface area contributed by atoms with E-state index in [0.29, 0.717) is 10.0 Å². The summed E-state index contributed by atoms with van der Waals surface area (Å²) in [5.41, 5.74) is 1.19. The van der Waals surface area contributed by atoms with E-state index in [9.17, 15) is 9.90 Å². The van der Waals surface area contributed by atoms with E-state index in [1.54, 1.807) is 19.1 Å². The van der Waals surface area contributed by atoms with E-state index >= 15 is 0 Å². The second-order valence-electron chi connectivity index (χ2n) is 2.64. The molecule has 0 aliphatic heterocycles. The van der Waals surface area contributed by atoms with Crippen LogP contribution < -0.4 is 0 Å². The molecule has 3 heteroatoms. The molecule has 0 aliphatic carbocycles. The molecule has 1 aromatic carbocycles. The molecule has 0 amide bonds. The van der Waals surface area contributed by atoms with Crippen molar-refractivity contribution in [2.45, 2.75) is 13.8 Å². The second-order valence-corrected chi connectivity index (χ2v) is 3.50. The Morgan fingerprint density at radius 1 is 1.50 bits per heavy atom. The number of phenols is 1. The summed E-state index contributed by atoms with van der Waals surface area (Å²) in [5.74, 6) is -0.0891. The Morgan fingerprint density at radius 3 is 2.50 bits per heavy atom. The normalized spacial score (nSPS) is 9.92. The molecule has 0 bridgehead atoms. The van der Waals surface area contributed by atoms with Gasteiger partial charge in [0, 0.05) is 0 Å². The van der Waals surface area contributed by atoms with Gasteiger partial charge in [-0.05, 0) is 41.4 Å². The molecule has 1 N–H and O–H groups in total. The summed E-state index contributed by atoms with van der Waals surface area (Å²) in [7, 11) is 0. The van der Waals surface area contributed by atoms with E-state index in [-0.39, 0.29) is 11.5 Å². The smallest absolute Gasteiger partial charge is 0.163 e. The Morgan fingerprint density at radius 2 is 2.08 bits per heavy atom. The molecule has 0 saturated heterocycles. The minimum absolute atomic E-state index is 0.0301. The van der Waals surface area contributed by atoms with Crippen LogP contribution in [0.5, 0.6) is 5.75 Å². The number of Topliss-reactive ketones (excluding diaryl/α,β-unsaturated/α-hetero) is 1. The Bertz CT molecular complexity index is 332. The summed E-state index contributed by atoms with van der Waals surface area (Å²) in [6.45, 7) is 3.23. The highest BCUT2D eigenvalue weighted by atomic mass is 79.9. The number of phenolic OH excluding ortho intramolecular Hbond substituents is 1. The van der Waals surface area contributed by atoms with Gasteiger partial charge in [-0.2, -0.15) is 0 Å². The van der Waals surface area contributed by atoms with Crippen molar-refractivity contribution in [2.24, 2.45) is 0 Å². The average Bonchev–Trinajstić information content (AvgIpc) is 1.97. The first-order valence-corrected chi connectivity index (χ1v) is 4.32. The van der Waals surface area contributed by atoms with Crippen LogP contribution in [0.4, 0.5) is 0 Å². The van der Waals surface area contributed by atoms with Crippen molar-refractivity contribution >= 4 is 21.7 Å². The van der Waals surface area contributed by atoms with Gasteiger partial charge in [0.05, 0.1) is 10.0 Å². The molecular weight excluding hydrogens is 220 g/mol. The standard InChI is InChI=1S/C9H9BrO2/c1-5-3-4-7(10)9(12)8(5)6(2)11/h3-4,12H,1-2H3. The second kappa shape index (κ2) is 3.27. The van der Waals surface area contributed by atoms with Crippen LogP contribution in [-0.4, -0.2) is 10.9 Å². The fraction of sp³-hybridized carbons (Fsp3) is 0.222. The molecule has 0 aliphatic rings. The Hall–Kier alpha value is -0.830. The number of aromatic hydroxyl groups is 1. The van der Waals surface area contributed by atoms with Crippen molar-refractivity contribution in [3.63, 3.8) is 0 Å². The highest BCUT2D eigenvalue weighted by Gasteiger charge is 2.11. The maximum absolute atomic E-state index is 11.1. The maximum Gasteiger partial charge on any atom is 0.163 e.